The highest BCUT2D eigenvalue weighted by molar-refractivity contribution is 5.76. The summed E-state index contributed by atoms with van der Waals surface area (Å²) in [7, 11) is 0. The molecular formula is C10H17N3O. The summed E-state index contributed by atoms with van der Waals surface area (Å²) in [6.45, 7) is 6.57. The maximum atomic E-state index is 11.3. The van der Waals surface area contributed by atoms with Gasteiger partial charge in [0.1, 0.15) is 0 Å². The number of aromatic nitrogens is 2. The van der Waals surface area contributed by atoms with Crippen LogP contribution in [0.2, 0.25) is 0 Å². The van der Waals surface area contributed by atoms with Gasteiger partial charge in [-0.2, -0.15) is 5.10 Å². The molecule has 0 bridgehead atoms. The van der Waals surface area contributed by atoms with E-state index in [4.69, 9.17) is 0 Å². The number of rotatable bonds is 4. The Labute approximate surface area is 84.1 Å². The summed E-state index contributed by atoms with van der Waals surface area (Å²) in [6, 6.07) is 0. The summed E-state index contributed by atoms with van der Waals surface area (Å²) in [5.74, 6) is 0.501. The first-order valence-corrected chi connectivity index (χ1v) is 4.85. The van der Waals surface area contributed by atoms with E-state index < -0.39 is 0 Å². The molecule has 4 heteroatoms. The molecule has 14 heavy (non-hydrogen) atoms. The Hall–Kier alpha value is -1.32. The third-order valence-electron chi connectivity index (χ3n) is 2.00. The molecule has 1 aromatic rings. The van der Waals surface area contributed by atoms with Crippen molar-refractivity contribution in [1.82, 2.24) is 15.5 Å². The first kappa shape index (κ1) is 10.8. The van der Waals surface area contributed by atoms with Crippen molar-refractivity contribution in [1.29, 1.82) is 0 Å². The van der Waals surface area contributed by atoms with E-state index in [1.165, 1.54) is 0 Å². The van der Waals surface area contributed by atoms with Crippen LogP contribution in [0.5, 0.6) is 0 Å². The zero-order valence-corrected chi connectivity index (χ0v) is 8.92. The summed E-state index contributed by atoms with van der Waals surface area (Å²) >= 11 is 0. The predicted octanol–water partition coefficient (Wildman–Crippen LogP) is 1.38. The number of aromatic amines is 1. The van der Waals surface area contributed by atoms with Crippen molar-refractivity contribution in [2.75, 3.05) is 0 Å². The van der Waals surface area contributed by atoms with E-state index in [0.717, 1.165) is 11.3 Å². The lowest BCUT2D eigenvalue weighted by molar-refractivity contribution is -0.121. The van der Waals surface area contributed by atoms with Crippen LogP contribution in [0.15, 0.2) is 6.20 Å². The van der Waals surface area contributed by atoms with E-state index >= 15 is 0 Å². The second-order valence-electron chi connectivity index (χ2n) is 3.89. The Morgan fingerprint density at radius 1 is 1.64 bits per heavy atom. The molecule has 2 N–H and O–H groups in total. The first-order valence-electron chi connectivity index (χ1n) is 4.85. The lowest BCUT2D eigenvalue weighted by Gasteiger charge is -2.06. The molecule has 1 heterocycles. The predicted molar refractivity (Wildman–Crippen MR) is 54.6 cm³/mol. The monoisotopic (exact) mass is 195 g/mol. The molecule has 0 saturated carbocycles. The normalized spacial score (nSPS) is 10.6. The Kier molecular flexibility index (Phi) is 3.68. The van der Waals surface area contributed by atoms with Gasteiger partial charge >= 0.3 is 0 Å². The summed E-state index contributed by atoms with van der Waals surface area (Å²) in [4.78, 5) is 11.3. The summed E-state index contributed by atoms with van der Waals surface area (Å²) < 4.78 is 0. The second kappa shape index (κ2) is 4.79. The van der Waals surface area contributed by atoms with Gasteiger partial charge in [-0.3, -0.25) is 9.89 Å². The van der Waals surface area contributed by atoms with Crippen LogP contribution in [0, 0.1) is 12.8 Å². The molecule has 1 amide bonds. The molecule has 0 fully saturated rings. The summed E-state index contributed by atoms with van der Waals surface area (Å²) in [5, 5.41) is 9.57. The lowest BCUT2D eigenvalue weighted by Crippen LogP contribution is -2.24. The maximum Gasteiger partial charge on any atom is 0.220 e. The Morgan fingerprint density at radius 2 is 2.36 bits per heavy atom. The molecule has 0 unspecified atom stereocenters. The first-order chi connectivity index (χ1) is 6.59. The minimum atomic E-state index is 0.0978. The summed E-state index contributed by atoms with van der Waals surface area (Å²) in [5.41, 5.74) is 2.05. The smallest absolute Gasteiger partial charge is 0.220 e. The standard InChI is InChI=1S/C10H17N3O/c1-7(2)4-10(14)11-5-9-6-12-13-8(9)3/h6-7H,4-5H2,1-3H3,(H,11,14)(H,12,13). The van der Waals surface area contributed by atoms with E-state index in [2.05, 4.69) is 15.5 Å². The van der Waals surface area contributed by atoms with Crippen molar-refractivity contribution in [3.05, 3.63) is 17.5 Å². The van der Waals surface area contributed by atoms with E-state index in [1.54, 1.807) is 6.20 Å². The van der Waals surface area contributed by atoms with E-state index in [9.17, 15) is 4.79 Å². The fraction of sp³-hybridized carbons (Fsp3) is 0.600. The fourth-order valence-electron chi connectivity index (χ4n) is 1.19. The van der Waals surface area contributed by atoms with Crippen molar-refractivity contribution < 1.29 is 4.79 Å². The van der Waals surface area contributed by atoms with Gasteiger partial charge in [0.05, 0.1) is 6.20 Å². The topological polar surface area (TPSA) is 57.8 Å². The minimum Gasteiger partial charge on any atom is -0.352 e. The van der Waals surface area contributed by atoms with Crippen LogP contribution in [0.4, 0.5) is 0 Å². The SMILES string of the molecule is Cc1[nH]ncc1CNC(=O)CC(C)C. The van der Waals surface area contributed by atoms with Crippen molar-refractivity contribution in [3.63, 3.8) is 0 Å². The van der Waals surface area contributed by atoms with Gasteiger partial charge in [0, 0.05) is 24.2 Å². The van der Waals surface area contributed by atoms with Crippen LogP contribution in [0.25, 0.3) is 0 Å². The third kappa shape index (κ3) is 3.20. The van der Waals surface area contributed by atoms with Gasteiger partial charge < -0.3 is 5.32 Å². The zero-order chi connectivity index (χ0) is 10.6. The van der Waals surface area contributed by atoms with Gasteiger partial charge in [0.25, 0.3) is 0 Å². The number of amides is 1. The van der Waals surface area contributed by atoms with Gasteiger partial charge in [-0.1, -0.05) is 13.8 Å². The summed E-state index contributed by atoms with van der Waals surface area (Å²) in [6.07, 6.45) is 2.32. The van der Waals surface area contributed by atoms with Crippen LogP contribution in [-0.2, 0) is 11.3 Å². The lowest BCUT2D eigenvalue weighted by atomic mass is 10.1. The van der Waals surface area contributed by atoms with Crippen LogP contribution in [0.1, 0.15) is 31.5 Å². The van der Waals surface area contributed by atoms with Gasteiger partial charge in [0.2, 0.25) is 5.91 Å². The number of H-pyrrole nitrogens is 1. The molecule has 4 nitrogen and oxygen atoms in total. The van der Waals surface area contributed by atoms with Crippen molar-refractivity contribution in [3.8, 4) is 0 Å². The van der Waals surface area contributed by atoms with Crippen LogP contribution in [-0.4, -0.2) is 16.1 Å². The molecule has 0 radical (unpaired) electrons. The third-order valence-corrected chi connectivity index (χ3v) is 2.00. The van der Waals surface area contributed by atoms with Crippen LogP contribution >= 0.6 is 0 Å². The highest BCUT2D eigenvalue weighted by Crippen LogP contribution is 2.03. The maximum absolute atomic E-state index is 11.3. The molecule has 0 aliphatic carbocycles. The number of nitrogens with one attached hydrogen (secondary N) is 2. The van der Waals surface area contributed by atoms with Crippen molar-refractivity contribution >= 4 is 5.91 Å². The van der Waals surface area contributed by atoms with E-state index in [0.29, 0.717) is 18.9 Å². The molecule has 0 aliphatic heterocycles. The number of carbonyl (C=O) groups is 1. The van der Waals surface area contributed by atoms with Gasteiger partial charge in [-0.15, -0.1) is 0 Å². The van der Waals surface area contributed by atoms with E-state index in [1.807, 2.05) is 20.8 Å². The average molecular weight is 195 g/mol. The minimum absolute atomic E-state index is 0.0978. The number of hydrogen-bond acceptors (Lipinski definition) is 2. The molecule has 0 aliphatic rings. The van der Waals surface area contributed by atoms with Gasteiger partial charge in [-0.25, -0.2) is 0 Å². The largest absolute Gasteiger partial charge is 0.352 e. The molecule has 0 aromatic carbocycles. The van der Waals surface area contributed by atoms with Crippen molar-refractivity contribution in [2.24, 2.45) is 5.92 Å². The highest BCUT2D eigenvalue weighted by Gasteiger charge is 2.05. The zero-order valence-electron chi connectivity index (χ0n) is 8.92. The Bertz CT molecular complexity index is 304. The molecule has 1 aromatic heterocycles. The highest BCUT2D eigenvalue weighted by atomic mass is 16.1. The molecular weight excluding hydrogens is 178 g/mol. The van der Waals surface area contributed by atoms with Gasteiger partial charge in [0.15, 0.2) is 0 Å². The average Bonchev–Trinajstić information content (AvgIpc) is 2.46. The molecule has 1 rings (SSSR count). The quantitative estimate of drug-likeness (QED) is 0.762. The number of carbonyl (C=O) groups excluding carboxylic acids is 1. The number of hydrogen-bond donors (Lipinski definition) is 2. The number of nitrogens with zero attached hydrogens (tertiary/aromatic N) is 1. The van der Waals surface area contributed by atoms with Crippen molar-refractivity contribution in [2.45, 2.75) is 33.7 Å². The second-order valence-corrected chi connectivity index (χ2v) is 3.89. The number of aryl methyl sites for hydroxylation is 1. The van der Waals surface area contributed by atoms with Crippen LogP contribution in [0.3, 0.4) is 0 Å². The molecule has 0 atom stereocenters. The van der Waals surface area contributed by atoms with E-state index in [-0.39, 0.29) is 5.91 Å². The Morgan fingerprint density at radius 3 is 2.86 bits per heavy atom. The van der Waals surface area contributed by atoms with Crippen LogP contribution < -0.4 is 5.32 Å². The Balaban J connectivity index is 2.34. The molecule has 0 spiro atoms. The fourth-order valence-corrected chi connectivity index (χ4v) is 1.19. The molecule has 0 saturated heterocycles. The molecule has 78 valence electrons. The van der Waals surface area contributed by atoms with Gasteiger partial charge in [-0.05, 0) is 12.8 Å².